The number of nitrogens with zero attached hydrogens (tertiary/aromatic N) is 1. The summed E-state index contributed by atoms with van der Waals surface area (Å²) in [6.07, 6.45) is 0. The van der Waals surface area contributed by atoms with Crippen molar-refractivity contribution in [1.82, 2.24) is 4.90 Å². The van der Waals surface area contributed by atoms with Crippen LogP contribution in [0.3, 0.4) is 0 Å². The third-order valence-corrected chi connectivity index (χ3v) is 3.43. The van der Waals surface area contributed by atoms with Gasteiger partial charge in [-0.3, -0.25) is 4.90 Å². The molecule has 2 nitrogen and oxygen atoms in total. The highest BCUT2D eigenvalue weighted by molar-refractivity contribution is 5.24. The average Bonchev–Trinajstić information content (AvgIpc) is 2.20. The van der Waals surface area contributed by atoms with Gasteiger partial charge in [0.15, 0.2) is 0 Å². The zero-order valence-corrected chi connectivity index (χ0v) is 12.6. The molecular weight excluding hydrogens is 241 g/mol. The summed E-state index contributed by atoms with van der Waals surface area (Å²) in [6.45, 7) is 12.5. The standard InChI is InChI=1S/C16H24FNO/c1-12-7-6-8-13(14(12)17)9-18-10-15(2,3)19-16(4,5)11-18/h6-8H,9-11H2,1-5H3. The second-order valence-corrected chi connectivity index (χ2v) is 6.81. The van der Waals surface area contributed by atoms with E-state index >= 15 is 0 Å². The Hall–Kier alpha value is -0.930. The van der Waals surface area contributed by atoms with Crippen molar-refractivity contribution in [3.63, 3.8) is 0 Å². The van der Waals surface area contributed by atoms with Crippen molar-refractivity contribution in [2.75, 3.05) is 13.1 Å². The van der Waals surface area contributed by atoms with Crippen LogP contribution in [0.1, 0.15) is 38.8 Å². The second-order valence-electron chi connectivity index (χ2n) is 6.81. The topological polar surface area (TPSA) is 12.5 Å². The molecule has 0 saturated carbocycles. The lowest BCUT2D eigenvalue weighted by Crippen LogP contribution is -2.56. The lowest BCUT2D eigenvalue weighted by Gasteiger charge is -2.47. The summed E-state index contributed by atoms with van der Waals surface area (Å²) in [5.74, 6) is -0.0791. The van der Waals surface area contributed by atoms with E-state index < -0.39 is 0 Å². The molecule has 0 spiro atoms. The molecule has 0 unspecified atom stereocenters. The maximum Gasteiger partial charge on any atom is 0.130 e. The molecule has 0 bridgehead atoms. The predicted octanol–water partition coefficient (Wildman–Crippen LogP) is 3.52. The fraction of sp³-hybridized carbons (Fsp3) is 0.625. The first-order valence-corrected chi connectivity index (χ1v) is 6.85. The van der Waals surface area contributed by atoms with Crippen LogP contribution in [-0.4, -0.2) is 29.2 Å². The summed E-state index contributed by atoms with van der Waals surface area (Å²) in [6, 6.07) is 5.61. The maximum atomic E-state index is 14.1. The van der Waals surface area contributed by atoms with E-state index in [9.17, 15) is 4.39 Å². The first kappa shape index (κ1) is 14.5. The number of ether oxygens (including phenoxy) is 1. The molecule has 0 atom stereocenters. The Balaban J connectivity index is 2.16. The molecule has 0 aromatic heterocycles. The van der Waals surface area contributed by atoms with E-state index in [1.165, 1.54) is 0 Å². The van der Waals surface area contributed by atoms with Crippen molar-refractivity contribution in [3.05, 3.63) is 35.1 Å². The van der Waals surface area contributed by atoms with E-state index in [4.69, 9.17) is 4.74 Å². The third kappa shape index (κ3) is 3.54. The van der Waals surface area contributed by atoms with Crippen molar-refractivity contribution in [1.29, 1.82) is 0 Å². The molecule has 1 aromatic carbocycles. The van der Waals surface area contributed by atoms with Gasteiger partial charge in [0.2, 0.25) is 0 Å². The fourth-order valence-electron chi connectivity index (χ4n) is 3.13. The van der Waals surface area contributed by atoms with Crippen LogP contribution in [0.2, 0.25) is 0 Å². The summed E-state index contributed by atoms with van der Waals surface area (Å²) in [5, 5.41) is 0. The Morgan fingerprint density at radius 3 is 2.32 bits per heavy atom. The van der Waals surface area contributed by atoms with Gasteiger partial charge in [0, 0.05) is 25.2 Å². The molecule has 0 aliphatic carbocycles. The second kappa shape index (κ2) is 4.88. The lowest BCUT2D eigenvalue weighted by atomic mass is 9.98. The van der Waals surface area contributed by atoms with Gasteiger partial charge in [-0.2, -0.15) is 0 Å². The molecular formula is C16H24FNO. The van der Waals surface area contributed by atoms with Crippen LogP contribution in [0.25, 0.3) is 0 Å². The molecule has 0 N–H and O–H groups in total. The zero-order valence-electron chi connectivity index (χ0n) is 12.6. The summed E-state index contributed by atoms with van der Waals surface area (Å²) >= 11 is 0. The van der Waals surface area contributed by atoms with Crippen LogP contribution in [0, 0.1) is 12.7 Å². The first-order chi connectivity index (χ1) is 8.69. The van der Waals surface area contributed by atoms with Crippen LogP contribution in [0.5, 0.6) is 0 Å². The molecule has 0 amide bonds. The molecule has 1 aromatic rings. The van der Waals surface area contributed by atoms with Crippen molar-refractivity contribution in [2.24, 2.45) is 0 Å². The van der Waals surface area contributed by atoms with Gasteiger partial charge in [-0.15, -0.1) is 0 Å². The molecule has 19 heavy (non-hydrogen) atoms. The highest BCUT2D eigenvalue weighted by Gasteiger charge is 2.38. The van der Waals surface area contributed by atoms with Gasteiger partial charge in [-0.05, 0) is 40.2 Å². The van der Waals surface area contributed by atoms with Crippen LogP contribution in [-0.2, 0) is 11.3 Å². The van der Waals surface area contributed by atoms with Gasteiger partial charge < -0.3 is 4.74 Å². The van der Waals surface area contributed by atoms with Crippen molar-refractivity contribution < 1.29 is 9.13 Å². The third-order valence-electron chi connectivity index (χ3n) is 3.43. The SMILES string of the molecule is Cc1cccc(CN2CC(C)(C)OC(C)(C)C2)c1F. The van der Waals surface area contributed by atoms with E-state index in [1.54, 1.807) is 0 Å². The van der Waals surface area contributed by atoms with Crippen molar-refractivity contribution >= 4 is 0 Å². The monoisotopic (exact) mass is 265 g/mol. The first-order valence-electron chi connectivity index (χ1n) is 6.85. The smallest absolute Gasteiger partial charge is 0.130 e. The summed E-state index contributed by atoms with van der Waals surface area (Å²) in [5.41, 5.74) is 1.10. The maximum absolute atomic E-state index is 14.1. The number of rotatable bonds is 2. The molecule has 1 heterocycles. The molecule has 2 rings (SSSR count). The fourth-order valence-corrected chi connectivity index (χ4v) is 3.13. The van der Waals surface area contributed by atoms with E-state index in [1.807, 2.05) is 25.1 Å². The number of benzene rings is 1. The molecule has 3 heteroatoms. The molecule has 1 saturated heterocycles. The quantitative estimate of drug-likeness (QED) is 0.811. The molecule has 106 valence electrons. The number of morpholine rings is 1. The Labute approximate surface area is 115 Å². The van der Waals surface area contributed by atoms with Crippen molar-refractivity contribution in [2.45, 2.75) is 52.4 Å². The Bertz CT molecular complexity index is 452. The van der Waals surface area contributed by atoms with E-state index in [2.05, 4.69) is 32.6 Å². The van der Waals surface area contributed by atoms with Crippen LogP contribution < -0.4 is 0 Å². The number of halogens is 1. The summed E-state index contributed by atoms with van der Waals surface area (Å²) in [4.78, 5) is 2.28. The number of hydrogen-bond acceptors (Lipinski definition) is 2. The highest BCUT2D eigenvalue weighted by Crippen LogP contribution is 2.29. The Morgan fingerprint density at radius 1 is 1.16 bits per heavy atom. The average molecular weight is 265 g/mol. The normalized spacial score (nSPS) is 22.4. The van der Waals surface area contributed by atoms with E-state index in [0.29, 0.717) is 12.1 Å². The minimum Gasteiger partial charge on any atom is -0.367 e. The summed E-state index contributed by atoms with van der Waals surface area (Å²) < 4.78 is 20.1. The largest absolute Gasteiger partial charge is 0.367 e. The van der Waals surface area contributed by atoms with Crippen molar-refractivity contribution in [3.8, 4) is 0 Å². The van der Waals surface area contributed by atoms with Gasteiger partial charge in [0.05, 0.1) is 11.2 Å². The summed E-state index contributed by atoms with van der Waals surface area (Å²) in [7, 11) is 0. The van der Waals surface area contributed by atoms with Crippen LogP contribution in [0.15, 0.2) is 18.2 Å². The van der Waals surface area contributed by atoms with Gasteiger partial charge >= 0.3 is 0 Å². The number of hydrogen-bond donors (Lipinski definition) is 0. The van der Waals surface area contributed by atoms with Crippen LogP contribution in [0.4, 0.5) is 4.39 Å². The Morgan fingerprint density at radius 2 is 1.74 bits per heavy atom. The van der Waals surface area contributed by atoms with Gasteiger partial charge in [0.1, 0.15) is 5.82 Å². The van der Waals surface area contributed by atoms with Gasteiger partial charge in [0.25, 0.3) is 0 Å². The molecule has 0 radical (unpaired) electrons. The highest BCUT2D eigenvalue weighted by atomic mass is 19.1. The molecule has 1 aliphatic heterocycles. The van der Waals surface area contributed by atoms with E-state index in [-0.39, 0.29) is 17.0 Å². The van der Waals surface area contributed by atoms with Gasteiger partial charge in [-0.25, -0.2) is 4.39 Å². The minimum absolute atomic E-state index is 0.0791. The van der Waals surface area contributed by atoms with E-state index in [0.717, 1.165) is 18.7 Å². The number of aryl methyl sites for hydroxylation is 1. The minimum atomic E-state index is -0.192. The lowest BCUT2D eigenvalue weighted by molar-refractivity contribution is -0.182. The van der Waals surface area contributed by atoms with Crippen LogP contribution >= 0.6 is 0 Å². The Kier molecular flexibility index (Phi) is 3.72. The molecule has 1 aliphatic rings. The predicted molar refractivity (Wildman–Crippen MR) is 75.7 cm³/mol. The zero-order chi connectivity index (χ0) is 14.3. The molecule has 1 fully saturated rings. The van der Waals surface area contributed by atoms with Gasteiger partial charge in [-0.1, -0.05) is 18.2 Å².